The lowest BCUT2D eigenvalue weighted by molar-refractivity contribution is -0.142. The molecular weight excluding hydrogens is 722 g/mol. The zero-order valence-corrected chi connectivity index (χ0v) is 30.9. The Labute approximate surface area is 315 Å². The van der Waals surface area contributed by atoms with Gasteiger partial charge >= 0.3 is 17.9 Å². The maximum Gasteiger partial charge on any atom is 0.305 e. The Kier molecular flexibility index (Phi) is 15.2. The van der Waals surface area contributed by atoms with Crippen LogP contribution >= 0.6 is 0 Å². The quantitative estimate of drug-likeness (QED) is 0.0750. The summed E-state index contributed by atoms with van der Waals surface area (Å²) in [6.07, 6.45) is -2.73. The molecule has 3 aromatic rings. The standard InChI is InChI=1S/C36H45N7O12/c1-18(2)32(42-33(52)23(11-13-29(46)47)39-34(53)26(16-31(50)51)38-19(3)44)35(54)40-24(15-30(48)49)27(45)17-37-21-8-12-28-25(14-21)41-36(55-28)20-6-9-22(10-7-20)43(4)5/h6-10,12,14,18,23-24,26,32,37H,11,13,15-17H2,1-5H3,(H,38,44)(H,39,53)(H,40,54)(H,42,52)(H,46,47)(H,48,49)(H,50,51)/t23-,24-,26-,32-/m0/s1. The van der Waals surface area contributed by atoms with Crippen molar-refractivity contribution in [3.63, 3.8) is 0 Å². The summed E-state index contributed by atoms with van der Waals surface area (Å²) in [5.41, 5.74) is 3.17. The van der Waals surface area contributed by atoms with Crippen LogP contribution in [0.15, 0.2) is 46.9 Å². The first-order valence-electron chi connectivity index (χ1n) is 17.1. The molecular formula is C36H45N7O12. The highest BCUT2D eigenvalue weighted by Crippen LogP contribution is 2.27. The second-order valence-corrected chi connectivity index (χ2v) is 13.2. The largest absolute Gasteiger partial charge is 0.481 e. The fourth-order valence-electron chi connectivity index (χ4n) is 5.28. The molecule has 1 heterocycles. The minimum atomic E-state index is -1.60. The summed E-state index contributed by atoms with van der Waals surface area (Å²) in [6, 6.07) is 6.37. The van der Waals surface area contributed by atoms with Gasteiger partial charge in [-0.3, -0.25) is 38.4 Å². The van der Waals surface area contributed by atoms with Crippen molar-refractivity contribution in [2.75, 3.05) is 30.9 Å². The van der Waals surface area contributed by atoms with Gasteiger partial charge in [-0.05, 0) is 54.8 Å². The monoisotopic (exact) mass is 767 g/mol. The number of aromatic nitrogens is 1. The van der Waals surface area contributed by atoms with E-state index in [0.717, 1.165) is 18.2 Å². The van der Waals surface area contributed by atoms with E-state index in [-0.39, 0.29) is 0 Å². The van der Waals surface area contributed by atoms with Gasteiger partial charge in [0.2, 0.25) is 29.5 Å². The van der Waals surface area contributed by atoms with Crippen molar-refractivity contribution in [2.24, 2.45) is 5.92 Å². The van der Waals surface area contributed by atoms with Gasteiger partial charge in [0, 0.05) is 44.4 Å². The zero-order valence-electron chi connectivity index (χ0n) is 30.9. The first kappa shape index (κ1) is 42.9. The van der Waals surface area contributed by atoms with Crippen molar-refractivity contribution in [1.82, 2.24) is 26.3 Å². The number of Topliss-reactive ketones (excluding diaryl/α,β-unsaturated/α-hetero) is 1. The number of ketones is 1. The molecule has 0 bridgehead atoms. The second kappa shape index (κ2) is 19.5. The third-order valence-corrected chi connectivity index (χ3v) is 8.17. The number of carboxylic acids is 3. The first-order chi connectivity index (χ1) is 25.8. The molecule has 296 valence electrons. The third-order valence-electron chi connectivity index (χ3n) is 8.17. The number of hydrogen-bond donors (Lipinski definition) is 8. The Morgan fingerprint density at radius 3 is 1.91 bits per heavy atom. The number of nitrogens with zero attached hydrogens (tertiary/aromatic N) is 2. The number of carboxylic acid groups (broad SMARTS) is 3. The lowest BCUT2D eigenvalue weighted by Crippen LogP contribution is -2.59. The van der Waals surface area contributed by atoms with Crippen molar-refractivity contribution in [3.05, 3.63) is 42.5 Å². The average molecular weight is 768 g/mol. The van der Waals surface area contributed by atoms with Crippen LogP contribution in [0.5, 0.6) is 0 Å². The van der Waals surface area contributed by atoms with Gasteiger partial charge in [-0.15, -0.1) is 0 Å². The van der Waals surface area contributed by atoms with Crippen molar-refractivity contribution >= 4 is 69.8 Å². The van der Waals surface area contributed by atoms with Crippen molar-refractivity contribution in [1.29, 1.82) is 0 Å². The lowest BCUT2D eigenvalue weighted by Gasteiger charge is -2.27. The molecule has 2 aromatic carbocycles. The van der Waals surface area contributed by atoms with E-state index in [1.165, 1.54) is 13.8 Å². The number of benzene rings is 2. The Hall–Kier alpha value is -6.53. The Bertz CT molecular complexity index is 1890. The van der Waals surface area contributed by atoms with E-state index in [9.17, 15) is 48.6 Å². The van der Waals surface area contributed by atoms with Crippen LogP contribution in [0.2, 0.25) is 0 Å². The molecule has 0 saturated heterocycles. The molecule has 3 rings (SSSR count). The molecule has 19 heteroatoms. The third kappa shape index (κ3) is 13.1. The maximum atomic E-state index is 13.5. The molecule has 0 aliphatic carbocycles. The van der Waals surface area contributed by atoms with Gasteiger partial charge in [-0.25, -0.2) is 4.98 Å². The fourth-order valence-corrected chi connectivity index (χ4v) is 5.28. The smallest absolute Gasteiger partial charge is 0.305 e. The molecule has 0 unspecified atom stereocenters. The van der Waals surface area contributed by atoms with Gasteiger partial charge in [0.05, 0.1) is 25.4 Å². The SMILES string of the molecule is CC(=O)N[C@@H](CC(=O)O)C(=O)N[C@@H](CCC(=O)O)C(=O)N[C@H](C(=O)N[C@@H](CC(=O)O)C(=O)CNc1ccc2oc(-c3ccc(N(C)C)cc3)nc2c1)C(C)C. The van der Waals surface area contributed by atoms with Gasteiger partial charge in [0.25, 0.3) is 0 Å². The first-order valence-corrected chi connectivity index (χ1v) is 17.1. The second-order valence-electron chi connectivity index (χ2n) is 13.2. The van der Waals surface area contributed by atoms with E-state index in [1.54, 1.807) is 18.2 Å². The van der Waals surface area contributed by atoms with Gasteiger partial charge in [-0.1, -0.05) is 13.8 Å². The maximum absolute atomic E-state index is 13.5. The molecule has 4 amide bonds. The molecule has 0 aliphatic rings. The number of hydrogen-bond acceptors (Lipinski definition) is 12. The van der Waals surface area contributed by atoms with Gasteiger partial charge < -0.3 is 51.2 Å². The number of anilines is 2. The highest BCUT2D eigenvalue weighted by molar-refractivity contribution is 5.98. The van der Waals surface area contributed by atoms with Crippen LogP contribution < -0.4 is 31.5 Å². The van der Waals surface area contributed by atoms with Crippen molar-refractivity contribution in [3.8, 4) is 11.5 Å². The zero-order chi connectivity index (χ0) is 41.0. The molecule has 0 aliphatic heterocycles. The molecule has 0 spiro atoms. The minimum absolute atomic E-state index is 0.382. The average Bonchev–Trinajstić information content (AvgIpc) is 3.53. The number of oxazole rings is 1. The van der Waals surface area contributed by atoms with Gasteiger partial charge in [0.1, 0.15) is 23.6 Å². The summed E-state index contributed by atoms with van der Waals surface area (Å²) in [7, 11) is 3.84. The van der Waals surface area contributed by atoms with Crippen molar-refractivity contribution < 1.29 is 58.1 Å². The highest BCUT2D eigenvalue weighted by atomic mass is 16.4. The highest BCUT2D eigenvalue weighted by Gasteiger charge is 2.33. The Morgan fingerprint density at radius 1 is 0.745 bits per heavy atom. The fraction of sp³-hybridized carbons (Fsp3) is 0.417. The van der Waals surface area contributed by atoms with E-state index in [4.69, 9.17) is 9.52 Å². The molecule has 1 aromatic heterocycles. The van der Waals surface area contributed by atoms with E-state index in [2.05, 4.69) is 31.6 Å². The summed E-state index contributed by atoms with van der Waals surface area (Å²) >= 11 is 0. The molecule has 0 saturated carbocycles. The number of aliphatic carboxylic acids is 3. The number of nitrogens with one attached hydrogen (secondary N) is 5. The Balaban J connectivity index is 1.72. The molecule has 0 radical (unpaired) electrons. The predicted octanol–water partition coefficient (Wildman–Crippen LogP) is 0.971. The normalized spacial score (nSPS) is 13.1. The van der Waals surface area contributed by atoms with E-state index < -0.39 is 110 Å². The van der Waals surface area contributed by atoms with Crippen LogP contribution in [0.4, 0.5) is 11.4 Å². The molecule has 4 atom stereocenters. The minimum Gasteiger partial charge on any atom is -0.481 e. The topological polar surface area (TPSA) is 287 Å². The number of carbonyl (C=O) groups excluding carboxylic acids is 5. The molecule has 55 heavy (non-hydrogen) atoms. The van der Waals surface area contributed by atoms with Crippen molar-refractivity contribution in [2.45, 2.75) is 70.6 Å². The van der Waals surface area contributed by atoms with Crippen LogP contribution in [-0.2, 0) is 38.4 Å². The summed E-state index contributed by atoms with van der Waals surface area (Å²) in [5, 5.41) is 39.9. The van der Waals surface area contributed by atoms with Crippen LogP contribution in [-0.4, -0.2) is 112 Å². The molecule has 19 nitrogen and oxygen atoms in total. The number of fused-ring (bicyclic) bond motifs is 1. The van der Waals surface area contributed by atoms with E-state index in [1.807, 2.05) is 43.3 Å². The summed E-state index contributed by atoms with van der Waals surface area (Å²) in [6.45, 7) is 3.71. The lowest BCUT2D eigenvalue weighted by atomic mass is 10.0. The predicted molar refractivity (Wildman–Crippen MR) is 197 cm³/mol. The molecule has 8 N–H and O–H groups in total. The van der Waals surface area contributed by atoms with Crippen LogP contribution in [0, 0.1) is 5.92 Å². The van der Waals surface area contributed by atoms with Gasteiger partial charge in [-0.2, -0.15) is 0 Å². The summed E-state index contributed by atoms with van der Waals surface area (Å²) in [5.74, 6) is -8.95. The Morgan fingerprint density at radius 2 is 1.35 bits per heavy atom. The number of rotatable bonds is 21. The van der Waals surface area contributed by atoms with Crippen LogP contribution in [0.25, 0.3) is 22.6 Å². The van der Waals surface area contributed by atoms with E-state index >= 15 is 0 Å². The van der Waals surface area contributed by atoms with Gasteiger partial charge in [0.15, 0.2) is 11.4 Å². The number of amides is 4. The summed E-state index contributed by atoms with van der Waals surface area (Å²) in [4.78, 5) is 105. The van der Waals surface area contributed by atoms with Crippen LogP contribution in [0.3, 0.4) is 0 Å². The number of carbonyl (C=O) groups is 8. The van der Waals surface area contributed by atoms with Crippen LogP contribution in [0.1, 0.15) is 46.5 Å². The summed E-state index contributed by atoms with van der Waals surface area (Å²) < 4.78 is 5.88. The van der Waals surface area contributed by atoms with E-state index in [0.29, 0.717) is 22.7 Å². The molecule has 0 fully saturated rings.